The molecule has 2 aromatic carbocycles. The van der Waals surface area contributed by atoms with Crippen LogP contribution in [0.5, 0.6) is 0 Å². The zero-order valence-electron chi connectivity index (χ0n) is 13.4. The lowest BCUT2D eigenvalue weighted by Crippen LogP contribution is -2.31. The number of rotatable bonds is 4. The highest BCUT2D eigenvalue weighted by Gasteiger charge is 2.21. The molecule has 0 unspecified atom stereocenters. The fourth-order valence-electron chi connectivity index (χ4n) is 2.51. The summed E-state index contributed by atoms with van der Waals surface area (Å²) in [4.78, 5) is 16.7. The minimum Gasteiger partial charge on any atom is -0.266 e. The van der Waals surface area contributed by atoms with Gasteiger partial charge in [0, 0.05) is 16.1 Å². The summed E-state index contributed by atoms with van der Waals surface area (Å²) in [5, 5.41) is 1.36. The Hall–Kier alpha value is -2.25. The summed E-state index contributed by atoms with van der Waals surface area (Å²) in [5.74, 6) is -0.759. The van der Waals surface area contributed by atoms with Crippen molar-refractivity contribution < 1.29 is 13.2 Å². The normalized spacial score (nSPS) is 11.4. The van der Waals surface area contributed by atoms with Crippen LogP contribution in [0, 0.1) is 0 Å². The molecule has 128 valence electrons. The van der Waals surface area contributed by atoms with E-state index in [2.05, 4.69) is 25.6 Å². The Labute approximate surface area is 154 Å². The summed E-state index contributed by atoms with van der Waals surface area (Å²) < 4.78 is 27.9. The number of nitrogens with one attached hydrogen (secondary N) is 1. The van der Waals surface area contributed by atoms with Gasteiger partial charge in [-0.3, -0.25) is 9.78 Å². The highest BCUT2D eigenvalue weighted by atomic mass is 79.9. The molecule has 7 heteroatoms. The van der Waals surface area contributed by atoms with Crippen LogP contribution in [0.15, 0.2) is 64.1 Å². The maximum absolute atomic E-state index is 12.5. The van der Waals surface area contributed by atoms with Gasteiger partial charge < -0.3 is 0 Å². The second kappa shape index (κ2) is 6.93. The molecule has 0 aliphatic heterocycles. The van der Waals surface area contributed by atoms with E-state index in [1.807, 2.05) is 19.1 Å². The number of aryl methyl sites for hydroxylation is 1. The molecule has 1 heterocycles. The van der Waals surface area contributed by atoms with Gasteiger partial charge in [-0.05, 0) is 41.6 Å². The maximum Gasteiger partial charge on any atom is 0.284 e. The molecule has 3 aromatic rings. The Morgan fingerprint density at radius 3 is 2.64 bits per heavy atom. The van der Waals surface area contributed by atoms with Crippen molar-refractivity contribution in [2.24, 2.45) is 0 Å². The molecule has 0 fully saturated rings. The fraction of sp³-hybridized carbons (Fsp3) is 0.111. The van der Waals surface area contributed by atoms with Gasteiger partial charge in [-0.1, -0.05) is 47.1 Å². The van der Waals surface area contributed by atoms with Gasteiger partial charge >= 0.3 is 0 Å². The summed E-state index contributed by atoms with van der Waals surface area (Å²) in [7, 11) is -3.97. The van der Waals surface area contributed by atoms with Gasteiger partial charge in [0.25, 0.3) is 15.9 Å². The van der Waals surface area contributed by atoms with Crippen molar-refractivity contribution in [2.75, 3.05) is 0 Å². The first-order chi connectivity index (χ1) is 11.9. The van der Waals surface area contributed by atoms with Crippen LogP contribution in [0.3, 0.4) is 0 Å². The average molecular weight is 419 g/mol. The SMILES string of the molecule is CCc1cccc(S(=O)(=O)NC(=O)c2nccc3c(Br)cccc23)c1. The van der Waals surface area contributed by atoms with E-state index in [-0.39, 0.29) is 10.6 Å². The lowest BCUT2D eigenvalue weighted by molar-refractivity contribution is 0.0978. The number of halogens is 1. The molecular formula is C18H15BrN2O3S. The number of fused-ring (bicyclic) bond motifs is 1. The molecule has 0 saturated heterocycles. The molecule has 25 heavy (non-hydrogen) atoms. The van der Waals surface area contributed by atoms with Gasteiger partial charge in [-0.2, -0.15) is 0 Å². The number of aromatic nitrogens is 1. The zero-order chi connectivity index (χ0) is 18.0. The van der Waals surface area contributed by atoms with Crippen molar-refractivity contribution >= 4 is 42.6 Å². The molecule has 3 rings (SSSR count). The topological polar surface area (TPSA) is 76.1 Å². The van der Waals surface area contributed by atoms with E-state index in [0.717, 1.165) is 15.4 Å². The third kappa shape index (κ3) is 3.57. The molecule has 1 aromatic heterocycles. The standard InChI is InChI=1S/C18H15BrN2O3S/c1-2-12-5-3-6-13(11-12)25(23,24)21-18(22)17-15-7-4-8-16(19)14(15)9-10-20-17/h3-11H,2H2,1H3,(H,21,22). The molecule has 0 radical (unpaired) electrons. The molecule has 1 amide bonds. The van der Waals surface area contributed by atoms with Gasteiger partial charge in [0.1, 0.15) is 5.69 Å². The lowest BCUT2D eigenvalue weighted by Gasteiger charge is -2.09. The van der Waals surface area contributed by atoms with Gasteiger partial charge in [0.2, 0.25) is 0 Å². The smallest absolute Gasteiger partial charge is 0.266 e. The first kappa shape index (κ1) is 17.6. The number of pyridine rings is 1. The molecule has 5 nitrogen and oxygen atoms in total. The molecule has 0 aliphatic rings. The molecule has 0 saturated carbocycles. The summed E-state index contributed by atoms with van der Waals surface area (Å²) in [6.07, 6.45) is 2.18. The third-order valence-corrected chi connectivity index (χ3v) is 5.83. The van der Waals surface area contributed by atoms with E-state index in [1.54, 1.807) is 30.3 Å². The molecular weight excluding hydrogens is 404 g/mol. The van der Waals surface area contributed by atoms with Crippen LogP contribution < -0.4 is 4.72 Å². The maximum atomic E-state index is 12.5. The van der Waals surface area contributed by atoms with Crippen molar-refractivity contribution in [3.63, 3.8) is 0 Å². The van der Waals surface area contributed by atoms with E-state index in [1.165, 1.54) is 12.3 Å². The molecule has 0 bridgehead atoms. The van der Waals surface area contributed by atoms with Gasteiger partial charge in [-0.15, -0.1) is 0 Å². The second-order valence-corrected chi connectivity index (χ2v) is 7.97. The number of amides is 1. The Morgan fingerprint density at radius 1 is 1.12 bits per heavy atom. The number of benzene rings is 2. The molecule has 0 aliphatic carbocycles. The first-order valence-electron chi connectivity index (χ1n) is 7.61. The molecule has 0 spiro atoms. The van der Waals surface area contributed by atoms with Crippen molar-refractivity contribution in [2.45, 2.75) is 18.2 Å². The van der Waals surface area contributed by atoms with Crippen LogP contribution in [-0.2, 0) is 16.4 Å². The minimum absolute atomic E-state index is 0.0571. The Kier molecular flexibility index (Phi) is 4.87. The number of carbonyl (C=O) groups is 1. The van der Waals surface area contributed by atoms with Crippen molar-refractivity contribution in [1.29, 1.82) is 0 Å². The number of hydrogen-bond acceptors (Lipinski definition) is 4. The van der Waals surface area contributed by atoms with Crippen LogP contribution in [0.4, 0.5) is 0 Å². The van der Waals surface area contributed by atoms with Crippen molar-refractivity contribution in [3.8, 4) is 0 Å². The molecule has 1 N–H and O–H groups in total. The summed E-state index contributed by atoms with van der Waals surface area (Å²) in [6, 6.07) is 13.6. The summed E-state index contributed by atoms with van der Waals surface area (Å²) in [6.45, 7) is 1.93. The van der Waals surface area contributed by atoms with E-state index in [0.29, 0.717) is 11.8 Å². The Bertz CT molecular complexity index is 1060. The first-order valence-corrected chi connectivity index (χ1v) is 9.89. The van der Waals surface area contributed by atoms with Crippen molar-refractivity contribution in [3.05, 3.63) is 70.5 Å². The van der Waals surface area contributed by atoms with E-state index < -0.39 is 15.9 Å². The number of sulfonamides is 1. The Balaban J connectivity index is 1.98. The van der Waals surface area contributed by atoms with Crippen LogP contribution in [-0.4, -0.2) is 19.3 Å². The quantitative estimate of drug-likeness (QED) is 0.700. The monoisotopic (exact) mass is 418 g/mol. The fourth-order valence-corrected chi connectivity index (χ4v) is 4.03. The van der Waals surface area contributed by atoms with Crippen LogP contribution in [0.1, 0.15) is 23.0 Å². The Morgan fingerprint density at radius 2 is 1.88 bits per heavy atom. The van der Waals surface area contributed by atoms with E-state index in [4.69, 9.17) is 0 Å². The van der Waals surface area contributed by atoms with E-state index >= 15 is 0 Å². The van der Waals surface area contributed by atoms with Crippen LogP contribution in [0.2, 0.25) is 0 Å². The molecule has 0 atom stereocenters. The van der Waals surface area contributed by atoms with Crippen LogP contribution >= 0.6 is 15.9 Å². The second-order valence-electron chi connectivity index (χ2n) is 5.43. The summed E-state index contributed by atoms with van der Waals surface area (Å²) >= 11 is 3.42. The lowest BCUT2D eigenvalue weighted by atomic mass is 10.1. The van der Waals surface area contributed by atoms with Gasteiger partial charge in [0.05, 0.1) is 4.90 Å². The predicted octanol–water partition coefficient (Wildman–Crippen LogP) is 3.68. The third-order valence-electron chi connectivity index (χ3n) is 3.81. The number of carbonyl (C=O) groups excluding carboxylic acids is 1. The van der Waals surface area contributed by atoms with Crippen molar-refractivity contribution in [1.82, 2.24) is 9.71 Å². The van der Waals surface area contributed by atoms with Gasteiger partial charge in [-0.25, -0.2) is 13.1 Å². The van der Waals surface area contributed by atoms with Crippen LogP contribution in [0.25, 0.3) is 10.8 Å². The largest absolute Gasteiger partial charge is 0.284 e. The van der Waals surface area contributed by atoms with Gasteiger partial charge in [0.15, 0.2) is 0 Å². The zero-order valence-corrected chi connectivity index (χ0v) is 15.8. The highest BCUT2D eigenvalue weighted by Crippen LogP contribution is 2.25. The average Bonchev–Trinajstić information content (AvgIpc) is 2.61. The summed E-state index contributed by atoms with van der Waals surface area (Å²) in [5.41, 5.74) is 0.941. The number of nitrogens with zero attached hydrogens (tertiary/aromatic N) is 1. The van der Waals surface area contributed by atoms with E-state index in [9.17, 15) is 13.2 Å². The number of hydrogen-bond donors (Lipinski definition) is 1. The predicted molar refractivity (Wildman–Crippen MR) is 99.9 cm³/mol. The highest BCUT2D eigenvalue weighted by molar-refractivity contribution is 9.10. The minimum atomic E-state index is -3.97.